The summed E-state index contributed by atoms with van der Waals surface area (Å²) in [6, 6.07) is 9.95. The van der Waals surface area contributed by atoms with Crippen molar-refractivity contribution >= 4 is 11.6 Å². The Kier molecular flexibility index (Phi) is 13.2. The predicted octanol–water partition coefficient (Wildman–Crippen LogP) is -2.23. The molecule has 2 aromatic carbocycles. The van der Waals surface area contributed by atoms with Crippen molar-refractivity contribution in [2.24, 2.45) is 0 Å². The van der Waals surface area contributed by atoms with Crippen LogP contribution in [0.2, 0.25) is 5.02 Å². The van der Waals surface area contributed by atoms with Gasteiger partial charge in [0.1, 0.15) is 12.4 Å². The SMILES string of the molecule is CNCCCNCc1cc(Cl)c(OCc2ccc(F)cc2)c(OC)c1.[Cl-].[Cl-]. The van der Waals surface area contributed by atoms with Gasteiger partial charge in [0.2, 0.25) is 0 Å². The molecular weight excluding hydrogens is 414 g/mol. The van der Waals surface area contributed by atoms with Gasteiger partial charge in [-0.1, -0.05) is 23.7 Å². The van der Waals surface area contributed by atoms with Crippen LogP contribution in [0.15, 0.2) is 36.4 Å². The summed E-state index contributed by atoms with van der Waals surface area (Å²) in [6.45, 7) is 2.90. The lowest BCUT2D eigenvalue weighted by Crippen LogP contribution is -3.00. The molecule has 2 N–H and O–H groups in total. The van der Waals surface area contributed by atoms with E-state index >= 15 is 0 Å². The second kappa shape index (κ2) is 13.9. The van der Waals surface area contributed by atoms with Gasteiger partial charge in [-0.05, 0) is 62.0 Å². The molecule has 0 unspecified atom stereocenters. The summed E-state index contributed by atoms with van der Waals surface area (Å²) in [5.74, 6) is 0.806. The third-order valence-corrected chi connectivity index (χ3v) is 3.98. The second-order valence-electron chi connectivity index (χ2n) is 5.66. The van der Waals surface area contributed by atoms with Crippen molar-refractivity contribution in [1.82, 2.24) is 10.6 Å². The van der Waals surface area contributed by atoms with Crippen molar-refractivity contribution in [2.75, 3.05) is 27.2 Å². The number of hydrogen-bond acceptors (Lipinski definition) is 4. The van der Waals surface area contributed by atoms with Crippen molar-refractivity contribution in [3.05, 3.63) is 58.4 Å². The molecule has 0 heterocycles. The molecule has 0 amide bonds. The van der Waals surface area contributed by atoms with Crippen LogP contribution >= 0.6 is 11.6 Å². The lowest BCUT2D eigenvalue weighted by atomic mass is 10.2. The van der Waals surface area contributed by atoms with Crippen LogP contribution in [0.1, 0.15) is 17.5 Å². The highest BCUT2D eigenvalue weighted by Gasteiger charge is 2.12. The number of benzene rings is 2. The van der Waals surface area contributed by atoms with Gasteiger partial charge in [0.15, 0.2) is 11.5 Å². The first-order chi connectivity index (χ1) is 12.1. The minimum absolute atomic E-state index is 0. The van der Waals surface area contributed by atoms with Crippen LogP contribution in [0.4, 0.5) is 4.39 Å². The van der Waals surface area contributed by atoms with E-state index in [4.69, 9.17) is 21.1 Å². The molecule has 0 spiro atoms. The van der Waals surface area contributed by atoms with Crippen molar-refractivity contribution in [3.63, 3.8) is 0 Å². The molecule has 0 aliphatic heterocycles. The highest BCUT2D eigenvalue weighted by Crippen LogP contribution is 2.37. The van der Waals surface area contributed by atoms with E-state index in [1.54, 1.807) is 19.2 Å². The molecule has 2 aromatic rings. The monoisotopic (exact) mass is 436 g/mol. The van der Waals surface area contributed by atoms with Gasteiger partial charge in [0.25, 0.3) is 0 Å². The predicted molar refractivity (Wildman–Crippen MR) is 99.0 cm³/mol. The molecule has 0 fully saturated rings. The highest BCUT2D eigenvalue weighted by atomic mass is 35.5. The summed E-state index contributed by atoms with van der Waals surface area (Å²) >= 11 is 6.36. The lowest BCUT2D eigenvalue weighted by molar-refractivity contribution is -0.001000. The first-order valence-electron chi connectivity index (χ1n) is 8.23. The van der Waals surface area contributed by atoms with E-state index in [0.717, 1.165) is 30.6 Å². The van der Waals surface area contributed by atoms with Crippen LogP contribution in [-0.2, 0) is 13.2 Å². The fraction of sp³-hybridized carbons (Fsp3) is 0.368. The van der Waals surface area contributed by atoms with Crippen LogP contribution in [-0.4, -0.2) is 27.2 Å². The van der Waals surface area contributed by atoms with Gasteiger partial charge < -0.3 is 44.9 Å². The molecule has 2 rings (SSSR count). The molecule has 0 radical (unpaired) electrons. The molecule has 0 bridgehead atoms. The van der Waals surface area contributed by atoms with E-state index in [1.165, 1.54) is 12.1 Å². The summed E-state index contributed by atoms with van der Waals surface area (Å²) < 4.78 is 24.2. The van der Waals surface area contributed by atoms with Gasteiger partial charge in [0, 0.05) is 6.54 Å². The zero-order valence-corrected chi connectivity index (χ0v) is 17.6. The van der Waals surface area contributed by atoms with E-state index in [-0.39, 0.29) is 37.2 Å². The highest BCUT2D eigenvalue weighted by molar-refractivity contribution is 6.32. The maximum atomic E-state index is 13.0. The lowest BCUT2D eigenvalue weighted by Gasteiger charge is -2.15. The Morgan fingerprint density at radius 2 is 1.74 bits per heavy atom. The summed E-state index contributed by atoms with van der Waals surface area (Å²) in [5, 5.41) is 6.97. The number of nitrogens with one attached hydrogen (secondary N) is 2. The topological polar surface area (TPSA) is 42.5 Å². The van der Waals surface area contributed by atoms with Gasteiger partial charge in [-0.15, -0.1) is 0 Å². The van der Waals surface area contributed by atoms with E-state index in [2.05, 4.69) is 10.6 Å². The van der Waals surface area contributed by atoms with E-state index < -0.39 is 0 Å². The molecule has 27 heavy (non-hydrogen) atoms. The smallest absolute Gasteiger partial charge is 0.180 e. The number of hydrogen-bond donors (Lipinski definition) is 2. The Bertz CT molecular complexity index is 673. The summed E-state index contributed by atoms with van der Waals surface area (Å²) in [7, 11) is 3.52. The minimum Gasteiger partial charge on any atom is -1.00 e. The quantitative estimate of drug-likeness (QED) is 0.413. The van der Waals surface area contributed by atoms with E-state index in [1.807, 2.05) is 19.2 Å². The van der Waals surface area contributed by atoms with E-state index in [0.29, 0.717) is 23.1 Å². The number of halogens is 4. The van der Waals surface area contributed by atoms with Crippen molar-refractivity contribution < 1.29 is 38.7 Å². The maximum Gasteiger partial charge on any atom is 0.180 e. The van der Waals surface area contributed by atoms with Gasteiger partial charge in [-0.3, -0.25) is 0 Å². The Balaban J connectivity index is 0.00000338. The first-order valence-corrected chi connectivity index (χ1v) is 8.60. The Morgan fingerprint density at radius 3 is 2.37 bits per heavy atom. The summed E-state index contributed by atoms with van der Waals surface area (Å²) in [5.41, 5.74) is 1.88. The summed E-state index contributed by atoms with van der Waals surface area (Å²) in [4.78, 5) is 0. The molecule has 0 saturated carbocycles. The molecule has 0 atom stereocenters. The Labute approximate surface area is 177 Å². The molecule has 0 aliphatic rings. The van der Waals surface area contributed by atoms with Gasteiger partial charge >= 0.3 is 0 Å². The van der Waals surface area contributed by atoms with Gasteiger partial charge in [0.05, 0.1) is 12.1 Å². The third kappa shape index (κ3) is 8.54. The molecule has 152 valence electrons. The number of rotatable bonds is 10. The van der Waals surface area contributed by atoms with Crippen molar-refractivity contribution in [3.8, 4) is 11.5 Å². The number of methoxy groups -OCH3 is 1. The normalized spacial score (nSPS) is 9.93. The molecule has 0 aliphatic carbocycles. The molecule has 4 nitrogen and oxygen atoms in total. The first kappa shape index (κ1) is 25.8. The van der Waals surface area contributed by atoms with E-state index in [9.17, 15) is 4.39 Å². The zero-order chi connectivity index (χ0) is 18.1. The fourth-order valence-corrected chi connectivity index (χ4v) is 2.66. The fourth-order valence-electron chi connectivity index (χ4n) is 2.37. The average molecular weight is 438 g/mol. The van der Waals surface area contributed by atoms with Crippen LogP contribution in [0.5, 0.6) is 11.5 Å². The van der Waals surface area contributed by atoms with Crippen molar-refractivity contribution in [2.45, 2.75) is 19.6 Å². The van der Waals surface area contributed by atoms with Gasteiger partial charge in [-0.2, -0.15) is 0 Å². The molecule has 8 heteroatoms. The minimum atomic E-state index is -0.272. The van der Waals surface area contributed by atoms with Crippen LogP contribution in [0.3, 0.4) is 0 Å². The standard InChI is InChI=1S/C19H24ClFN2O2.2ClH/c1-22-8-3-9-23-12-15-10-17(20)19(18(11-15)24-2)25-13-14-4-6-16(21)7-5-14;;/h4-7,10-11,22-23H,3,8-9,12-13H2,1-2H3;2*1H/p-2. The summed E-state index contributed by atoms with van der Waals surface area (Å²) in [6.07, 6.45) is 1.06. The van der Waals surface area contributed by atoms with Crippen LogP contribution in [0, 0.1) is 5.82 Å². The third-order valence-electron chi connectivity index (χ3n) is 3.70. The largest absolute Gasteiger partial charge is 1.00 e. The Hall–Kier alpha value is -1.24. The zero-order valence-electron chi connectivity index (χ0n) is 15.3. The van der Waals surface area contributed by atoms with Crippen LogP contribution < -0.4 is 44.9 Å². The molecular formula is C19H24Cl3FN2O2-2. The van der Waals surface area contributed by atoms with Crippen molar-refractivity contribution in [1.29, 1.82) is 0 Å². The molecule has 0 aromatic heterocycles. The maximum absolute atomic E-state index is 13.0. The molecule has 0 saturated heterocycles. The number of ether oxygens (including phenoxy) is 2. The Morgan fingerprint density at radius 1 is 1.04 bits per heavy atom. The average Bonchev–Trinajstić information content (AvgIpc) is 2.61. The van der Waals surface area contributed by atoms with Crippen LogP contribution in [0.25, 0.3) is 0 Å². The second-order valence-corrected chi connectivity index (χ2v) is 6.07. The van der Waals surface area contributed by atoms with Gasteiger partial charge in [-0.25, -0.2) is 4.39 Å².